The van der Waals surface area contributed by atoms with Crippen molar-refractivity contribution < 1.29 is 14.6 Å². The Kier molecular flexibility index (Phi) is 3.26. The fraction of sp³-hybridized carbons (Fsp3) is 0.778. The summed E-state index contributed by atoms with van der Waals surface area (Å²) < 4.78 is 10.9. The smallest absolute Gasteiger partial charge is 0.169 e. The monoisotopic (exact) mass is 172 g/mol. The fourth-order valence-electron chi connectivity index (χ4n) is 1.22. The molecule has 12 heavy (non-hydrogen) atoms. The number of rotatable bonds is 3. The molecule has 1 heterocycles. The van der Waals surface area contributed by atoms with E-state index < -0.39 is 5.79 Å². The molecule has 0 radical (unpaired) electrons. The molecule has 1 aliphatic rings. The van der Waals surface area contributed by atoms with Gasteiger partial charge < -0.3 is 14.6 Å². The van der Waals surface area contributed by atoms with Gasteiger partial charge in [-0.05, 0) is 13.8 Å². The van der Waals surface area contributed by atoms with E-state index in [1.54, 1.807) is 0 Å². The second-order valence-corrected chi connectivity index (χ2v) is 3.14. The molecule has 3 nitrogen and oxygen atoms in total. The van der Waals surface area contributed by atoms with E-state index in [0.717, 1.165) is 6.42 Å². The topological polar surface area (TPSA) is 38.7 Å². The van der Waals surface area contributed by atoms with Crippen LogP contribution in [-0.4, -0.2) is 30.2 Å². The van der Waals surface area contributed by atoms with E-state index in [9.17, 15) is 0 Å². The Morgan fingerprint density at radius 2 is 2.42 bits per heavy atom. The maximum atomic E-state index is 8.80. The average Bonchev–Trinajstić information content (AvgIpc) is 2.45. The Balaban J connectivity index is 2.41. The molecule has 0 aromatic rings. The minimum Gasteiger partial charge on any atom is -0.394 e. The molecule has 70 valence electrons. The van der Waals surface area contributed by atoms with Crippen LogP contribution in [0.5, 0.6) is 0 Å². The van der Waals surface area contributed by atoms with Crippen molar-refractivity contribution in [3.05, 3.63) is 12.2 Å². The molecule has 0 aliphatic carbocycles. The van der Waals surface area contributed by atoms with Crippen molar-refractivity contribution in [1.82, 2.24) is 0 Å². The van der Waals surface area contributed by atoms with E-state index in [1.165, 1.54) is 0 Å². The summed E-state index contributed by atoms with van der Waals surface area (Å²) in [7, 11) is 0. The Labute approximate surface area is 73.0 Å². The highest BCUT2D eigenvalue weighted by molar-refractivity contribution is 4.86. The first-order valence-corrected chi connectivity index (χ1v) is 4.24. The van der Waals surface area contributed by atoms with Gasteiger partial charge in [-0.25, -0.2) is 0 Å². The standard InChI is InChI=1S/C9H16O3/c1-3-4-5-9(2)11-7-8(6-10)12-9/h3-4,8,10H,5-7H2,1-2H3/b4-3+. The predicted octanol–water partition coefficient (Wildman–Crippen LogP) is 1.08. The van der Waals surface area contributed by atoms with Gasteiger partial charge in [-0.2, -0.15) is 0 Å². The van der Waals surface area contributed by atoms with Crippen molar-refractivity contribution in [2.45, 2.75) is 32.2 Å². The lowest BCUT2D eigenvalue weighted by atomic mass is 10.2. The van der Waals surface area contributed by atoms with E-state index in [-0.39, 0.29) is 12.7 Å². The molecular formula is C9H16O3. The van der Waals surface area contributed by atoms with Gasteiger partial charge in [0.2, 0.25) is 0 Å². The van der Waals surface area contributed by atoms with E-state index >= 15 is 0 Å². The second kappa shape index (κ2) is 4.03. The Bertz CT molecular complexity index is 167. The zero-order valence-corrected chi connectivity index (χ0v) is 7.62. The molecule has 1 fully saturated rings. The van der Waals surface area contributed by atoms with E-state index in [4.69, 9.17) is 14.6 Å². The van der Waals surface area contributed by atoms with Crippen LogP contribution in [0.2, 0.25) is 0 Å². The lowest BCUT2D eigenvalue weighted by Crippen LogP contribution is -2.26. The quantitative estimate of drug-likeness (QED) is 0.647. The normalized spacial score (nSPS) is 36.4. The van der Waals surface area contributed by atoms with E-state index in [2.05, 4.69) is 0 Å². The first kappa shape index (κ1) is 9.71. The molecule has 0 saturated carbocycles. The number of aliphatic hydroxyl groups is 1. The van der Waals surface area contributed by atoms with Crippen LogP contribution in [0, 0.1) is 0 Å². The van der Waals surface area contributed by atoms with Crippen LogP contribution in [0.1, 0.15) is 20.3 Å². The van der Waals surface area contributed by atoms with Gasteiger partial charge >= 0.3 is 0 Å². The first-order chi connectivity index (χ1) is 5.70. The van der Waals surface area contributed by atoms with Crippen LogP contribution in [0.4, 0.5) is 0 Å². The molecule has 0 spiro atoms. The molecule has 0 aromatic heterocycles. The first-order valence-electron chi connectivity index (χ1n) is 4.24. The van der Waals surface area contributed by atoms with Crippen molar-refractivity contribution in [3.8, 4) is 0 Å². The highest BCUT2D eigenvalue weighted by atomic mass is 16.7. The van der Waals surface area contributed by atoms with Gasteiger partial charge in [0.1, 0.15) is 6.10 Å². The summed E-state index contributed by atoms with van der Waals surface area (Å²) in [6, 6.07) is 0. The van der Waals surface area contributed by atoms with Crippen molar-refractivity contribution >= 4 is 0 Å². The summed E-state index contributed by atoms with van der Waals surface area (Å²) in [5.74, 6) is -0.528. The summed E-state index contributed by atoms with van der Waals surface area (Å²) >= 11 is 0. The number of hydrogen-bond donors (Lipinski definition) is 1. The molecule has 1 saturated heterocycles. The van der Waals surface area contributed by atoms with Gasteiger partial charge in [0.15, 0.2) is 5.79 Å². The predicted molar refractivity (Wildman–Crippen MR) is 45.7 cm³/mol. The number of aliphatic hydroxyl groups excluding tert-OH is 1. The number of hydrogen-bond acceptors (Lipinski definition) is 3. The molecule has 3 heteroatoms. The Morgan fingerprint density at radius 3 is 2.92 bits per heavy atom. The van der Waals surface area contributed by atoms with Crippen LogP contribution >= 0.6 is 0 Å². The molecule has 1 rings (SSSR count). The van der Waals surface area contributed by atoms with Crippen LogP contribution in [-0.2, 0) is 9.47 Å². The molecular weight excluding hydrogens is 156 g/mol. The molecule has 2 unspecified atom stereocenters. The summed E-state index contributed by atoms with van der Waals surface area (Å²) in [6.45, 7) is 4.38. The zero-order valence-electron chi connectivity index (χ0n) is 7.62. The van der Waals surface area contributed by atoms with Crippen LogP contribution in [0.15, 0.2) is 12.2 Å². The second-order valence-electron chi connectivity index (χ2n) is 3.14. The van der Waals surface area contributed by atoms with Crippen LogP contribution < -0.4 is 0 Å². The Hall–Kier alpha value is -0.380. The lowest BCUT2D eigenvalue weighted by molar-refractivity contribution is -0.154. The van der Waals surface area contributed by atoms with Crippen molar-refractivity contribution in [2.24, 2.45) is 0 Å². The third kappa shape index (κ3) is 2.30. The van der Waals surface area contributed by atoms with Gasteiger partial charge in [0.25, 0.3) is 0 Å². The SMILES string of the molecule is C/C=C/CC1(C)OCC(CO)O1. The molecule has 1 N–H and O–H groups in total. The zero-order chi connectivity index (χ0) is 9.03. The number of allylic oxidation sites excluding steroid dienone is 1. The van der Waals surface area contributed by atoms with Crippen molar-refractivity contribution in [3.63, 3.8) is 0 Å². The largest absolute Gasteiger partial charge is 0.394 e. The number of ether oxygens (including phenoxy) is 2. The van der Waals surface area contributed by atoms with Crippen molar-refractivity contribution in [1.29, 1.82) is 0 Å². The minimum atomic E-state index is -0.528. The highest BCUT2D eigenvalue weighted by Gasteiger charge is 2.35. The fourth-order valence-corrected chi connectivity index (χ4v) is 1.22. The maximum absolute atomic E-state index is 8.80. The third-order valence-electron chi connectivity index (χ3n) is 1.92. The summed E-state index contributed by atoms with van der Waals surface area (Å²) in [4.78, 5) is 0. The molecule has 0 aromatic carbocycles. The molecule has 0 bridgehead atoms. The summed E-state index contributed by atoms with van der Waals surface area (Å²) in [5, 5.41) is 8.80. The summed E-state index contributed by atoms with van der Waals surface area (Å²) in [6.07, 6.45) is 4.55. The third-order valence-corrected chi connectivity index (χ3v) is 1.92. The average molecular weight is 172 g/mol. The summed E-state index contributed by atoms with van der Waals surface area (Å²) in [5.41, 5.74) is 0. The van der Waals surface area contributed by atoms with Gasteiger partial charge in [-0.3, -0.25) is 0 Å². The van der Waals surface area contributed by atoms with Crippen LogP contribution in [0.3, 0.4) is 0 Å². The molecule has 1 aliphatic heterocycles. The van der Waals surface area contributed by atoms with Crippen molar-refractivity contribution in [2.75, 3.05) is 13.2 Å². The van der Waals surface area contributed by atoms with E-state index in [0.29, 0.717) is 6.61 Å². The highest BCUT2D eigenvalue weighted by Crippen LogP contribution is 2.26. The molecule has 0 amide bonds. The molecule has 2 atom stereocenters. The minimum absolute atomic E-state index is 0.0332. The Morgan fingerprint density at radius 1 is 1.67 bits per heavy atom. The van der Waals surface area contributed by atoms with E-state index in [1.807, 2.05) is 26.0 Å². The van der Waals surface area contributed by atoms with Gasteiger partial charge in [0, 0.05) is 6.42 Å². The maximum Gasteiger partial charge on any atom is 0.169 e. The van der Waals surface area contributed by atoms with Gasteiger partial charge in [-0.1, -0.05) is 12.2 Å². The van der Waals surface area contributed by atoms with Crippen LogP contribution in [0.25, 0.3) is 0 Å². The van der Waals surface area contributed by atoms with Gasteiger partial charge in [0.05, 0.1) is 13.2 Å². The lowest BCUT2D eigenvalue weighted by Gasteiger charge is -2.20. The van der Waals surface area contributed by atoms with Gasteiger partial charge in [-0.15, -0.1) is 0 Å².